The summed E-state index contributed by atoms with van der Waals surface area (Å²) in [6.45, 7) is 0. The van der Waals surface area contributed by atoms with Crippen LogP contribution in [0.1, 0.15) is 5.56 Å². The van der Waals surface area contributed by atoms with Gasteiger partial charge in [-0.15, -0.1) is 0 Å². The number of rotatable bonds is 0. The Morgan fingerprint density at radius 2 is 1.67 bits per heavy atom. The number of benzene rings is 1. The summed E-state index contributed by atoms with van der Waals surface area (Å²) in [4.78, 5) is 0. The van der Waals surface area contributed by atoms with Crippen molar-refractivity contribution in [2.75, 3.05) is 0 Å². The average Bonchev–Trinajstić information content (AvgIpc) is 1.83. The molecule has 0 spiro atoms. The van der Waals surface area contributed by atoms with Gasteiger partial charge in [0.15, 0.2) is 2.14 Å². The van der Waals surface area contributed by atoms with Crippen molar-refractivity contribution in [3.05, 3.63) is 35.4 Å². The largest absolute Gasteiger partial charge is 0.207 e. The van der Waals surface area contributed by atoms with Gasteiger partial charge in [-0.2, -0.15) is 0 Å². The summed E-state index contributed by atoms with van der Waals surface area (Å²) in [7, 11) is 0. The minimum absolute atomic E-state index is 0.295. The van der Waals surface area contributed by atoms with Crippen LogP contribution < -0.4 is 0 Å². The first-order chi connectivity index (χ1) is 5.41. The Morgan fingerprint density at radius 1 is 1.08 bits per heavy atom. The first kappa shape index (κ1) is 10.6. The zero-order valence-corrected chi connectivity index (χ0v) is 10.4. The van der Waals surface area contributed by atoms with E-state index in [2.05, 4.69) is 47.8 Å². The van der Waals surface area contributed by atoms with Crippen LogP contribution in [-0.2, 0) is 2.14 Å². The quantitative estimate of drug-likeness (QED) is 0.603. The van der Waals surface area contributed by atoms with Crippen LogP contribution >= 0.6 is 47.8 Å². The minimum Gasteiger partial charge on any atom is -0.207 e. The second-order valence-electron chi connectivity index (χ2n) is 2.12. The molecule has 66 valence electrons. The van der Waals surface area contributed by atoms with E-state index >= 15 is 0 Å². The summed E-state index contributed by atoms with van der Waals surface area (Å²) in [5.41, 5.74) is 0.295. The van der Waals surface area contributed by atoms with E-state index in [4.69, 9.17) is 0 Å². The van der Waals surface area contributed by atoms with E-state index in [1.54, 1.807) is 0 Å². The van der Waals surface area contributed by atoms with Crippen molar-refractivity contribution >= 4 is 47.8 Å². The molecule has 0 heterocycles. The third kappa shape index (κ3) is 2.50. The molecule has 0 aromatic heterocycles. The summed E-state index contributed by atoms with van der Waals surface area (Å²) in [6.07, 6.45) is 0. The van der Waals surface area contributed by atoms with Crippen LogP contribution in [0, 0.1) is 11.6 Å². The van der Waals surface area contributed by atoms with Gasteiger partial charge in [-0.05, 0) is 6.07 Å². The summed E-state index contributed by atoms with van der Waals surface area (Å²) >= 11 is 9.40. The fourth-order valence-corrected chi connectivity index (χ4v) is 1.68. The smallest absolute Gasteiger partial charge is 0.162 e. The molecular weight excluding hydrogens is 362 g/mol. The first-order valence-electron chi connectivity index (χ1n) is 2.93. The topological polar surface area (TPSA) is 0 Å². The van der Waals surface area contributed by atoms with Crippen molar-refractivity contribution in [3.63, 3.8) is 0 Å². The molecule has 0 unspecified atom stereocenters. The van der Waals surface area contributed by atoms with Crippen LogP contribution in [0.3, 0.4) is 0 Å². The predicted molar refractivity (Wildman–Crippen MR) is 54.8 cm³/mol. The van der Waals surface area contributed by atoms with E-state index in [1.807, 2.05) is 0 Å². The van der Waals surface area contributed by atoms with E-state index in [1.165, 1.54) is 12.1 Å². The van der Waals surface area contributed by atoms with Gasteiger partial charge in [-0.3, -0.25) is 0 Å². The monoisotopic (exact) mass is 362 g/mol. The van der Waals surface area contributed by atoms with Crippen molar-refractivity contribution in [1.29, 1.82) is 0 Å². The van der Waals surface area contributed by atoms with Gasteiger partial charge < -0.3 is 0 Å². The minimum atomic E-state index is -0.829. The van der Waals surface area contributed by atoms with Gasteiger partial charge in [0.25, 0.3) is 0 Å². The highest BCUT2D eigenvalue weighted by molar-refractivity contribution is 9.38. The highest BCUT2D eigenvalue weighted by Crippen LogP contribution is 2.45. The fourth-order valence-electron chi connectivity index (χ4n) is 0.719. The van der Waals surface area contributed by atoms with Crippen LogP contribution in [0.25, 0.3) is 0 Å². The van der Waals surface area contributed by atoms with Gasteiger partial charge in [-0.25, -0.2) is 8.78 Å². The van der Waals surface area contributed by atoms with Crippen molar-refractivity contribution in [2.45, 2.75) is 2.14 Å². The molecule has 0 bridgehead atoms. The normalized spacial score (nSPS) is 11.8. The van der Waals surface area contributed by atoms with E-state index in [0.717, 1.165) is 6.07 Å². The van der Waals surface area contributed by atoms with E-state index in [-0.39, 0.29) is 0 Å². The molecule has 1 aromatic rings. The van der Waals surface area contributed by atoms with Gasteiger partial charge in [0.2, 0.25) is 0 Å². The summed E-state index contributed by atoms with van der Waals surface area (Å²) < 4.78 is 24.6. The summed E-state index contributed by atoms with van der Waals surface area (Å²) in [5.74, 6) is -1.20. The predicted octanol–water partition coefficient (Wildman–Crippen LogP) is 4.26. The Labute approximate surface area is 93.7 Å². The number of hydrogen-bond donors (Lipinski definition) is 0. The lowest BCUT2D eigenvalue weighted by molar-refractivity contribution is 0.576. The Balaban J connectivity index is 3.19. The molecule has 1 aromatic carbocycles. The van der Waals surface area contributed by atoms with Crippen LogP contribution in [0.5, 0.6) is 0 Å². The Bertz CT molecular complexity index is 293. The van der Waals surface area contributed by atoms with Gasteiger partial charge in [0, 0.05) is 11.6 Å². The molecular formula is C7H3Br3F2. The molecule has 0 aliphatic heterocycles. The molecule has 0 aliphatic carbocycles. The molecule has 0 atom stereocenters. The highest BCUT2D eigenvalue weighted by atomic mass is 80.0. The van der Waals surface area contributed by atoms with Crippen LogP contribution in [0.2, 0.25) is 0 Å². The van der Waals surface area contributed by atoms with Crippen molar-refractivity contribution in [2.24, 2.45) is 0 Å². The molecule has 0 nitrogen and oxygen atoms in total. The highest BCUT2D eigenvalue weighted by Gasteiger charge is 2.24. The maximum absolute atomic E-state index is 13.0. The lowest BCUT2D eigenvalue weighted by atomic mass is 10.2. The molecule has 0 N–H and O–H groups in total. The molecule has 0 radical (unpaired) electrons. The third-order valence-corrected chi connectivity index (χ3v) is 2.52. The summed E-state index contributed by atoms with van der Waals surface area (Å²) in [6, 6.07) is 3.37. The molecule has 0 saturated heterocycles. The zero-order valence-electron chi connectivity index (χ0n) is 5.62. The number of alkyl halides is 3. The van der Waals surface area contributed by atoms with Crippen molar-refractivity contribution in [1.82, 2.24) is 0 Å². The molecule has 0 saturated carbocycles. The SMILES string of the molecule is Fc1ccc(C(Br)(Br)Br)c(F)c1. The maximum atomic E-state index is 13.0. The summed E-state index contributed by atoms with van der Waals surface area (Å²) in [5, 5.41) is 0. The second-order valence-corrected chi connectivity index (χ2v) is 8.88. The average molecular weight is 365 g/mol. The molecule has 5 heteroatoms. The number of halogens is 5. The van der Waals surface area contributed by atoms with E-state index in [0.29, 0.717) is 5.56 Å². The number of hydrogen-bond acceptors (Lipinski definition) is 0. The van der Waals surface area contributed by atoms with Gasteiger partial charge in [0.1, 0.15) is 11.6 Å². The second kappa shape index (κ2) is 3.72. The van der Waals surface area contributed by atoms with Gasteiger partial charge >= 0.3 is 0 Å². The third-order valence-electron chi connectivity index (χ3n) is 1.24. The first-order valence-corrected chi connectivity index (χ1v) is 5.31. The van der Waals surface area contributed by atoms with Crippen molar-refractivity contribution in [3.8, 4) is 0 Å². The molecule has 1 rings (SSSR count). The molecule has 0 fully saturated rings. The lowest BCUT2D eigenvalue weighted by Crippen LogP contribution is -2.01. The van der Waals surface area contributed by atoms with Crippen molar-refractivity contribution < 1.29 is 8.78 Å². The maximum Gasteiger partial charge on any atom is 0.162 e. The standard InChI is InChI=1S/C7H3Br3F2/c8-7(9,10)5-2-1-4(11)3-6(5)12/h1-3H. The molecule has 12 heavy (non-hydrogen) atoms. The molecule has 0 aliphatic rings. The Kier molecular flexibility index (Phi) is 3.28. The van der Waals surface area contributed by atoms with Crippen LogP contribution in [-0.4, -0.2) is 0 Å². The van der Waals surface area contributed by atoms with Gasteiger partial charge in [0.05, 0.1) is 0 Å². The lowest BCUT2D eigenvalue weighted by Gasteiger charge is -2.12. The van der Waals surface area contributed by atoms with E-state index in [9.17, 15) is 8.78 Å². The Hall–Kier alpha value is 0.520. The van der Waals surface area contributed by atoms with Crippen LogP contribution in [0.4, 0.5) is 8.78 Å². The molecule has 0 amide bonds. The van der Waals surface area contributed by atoms with Gasteiger partial charge in [-0.1, -0.05) is 53.9 Å². The fraction of sp³-hybridized carbons (Fsp3) is 0.143. The van der Waals surface area contributed by atoms with E-state index < -0.39 is 13.8 Å². The van der Waals surface area contributed by atoms with Crippen LogP contribution in [0.15, 0.2) is 18.2 Å². The Morgan fingerprint density at radius 3 is 2.08 bits per heavy atom. The zero-order chi connectivity index (χ0) is 9.35.